The number of carbonyl (C=O) groups excluding carboxylic acids is 1. The predicted octanol–water partition coefficient (Wildman–Crippen LogP) is 1.86. The number of likely N-dealkylation sites (tertiary alicyclic amines) is 1. The molecule has 2 aromatic heterocycles. The van der Waals surface area contributed by atoms with Crippen molar-refractivity contribution in [2.45, 2.75) is 43.7 Å². The van der Waals surface area contributed by atoms with Crippen molar-refractivity contribution < 1.29 is 36.0 Å². The van der Waals surface area contributed by atoms with Crippen molar-refractivity contribution in [3.05, 3.63) is 29.8 Å². The monoisotopic (exact) mass is 482 g/mol. The Bertz CT molecular complexity index is 1100. The van der Waals surface area contributed by atoms with Gasteiger partial charge in [0.25, 0.3) is 16.0 Å². The number of rotatable bonds is 13. The molecule has 4 rings (SSSR count). The van der Waals surface area contributed by atoms with Crippen LogP contribution in [0.15, 0.2) is 22.7 Å². The first-order valence-corrected chi connectivity index (χ1v) is 12.7. The Hall–Kier alpha value is -2.05. The number of amides is 1. The summed E-state index contributed by atoms with van der Waals surface area (Å²) in [6.07, 6.45) is 7.21. The van der Waals surface area contributed by atoms with Gasteiger partial charge >= 0.3 is 0 Å². The molecule has 2 aliphatic rings. The smallest absolute Gasteiger partial charge is 0.264 e. The molecule has 0 bridgehead atoms. The fraction of sp³-hybridized carbons (Fsp3) is 0.636. The highest BCUT2D eigenvalue weighted by molar-refractivity contribution is 7.85. The highest BCUT2D eigenvalue weighted by Crippen LogP contribution is 2.40. The van der Waals surface area contributed by atoms with Gasteiger partial charge in [-0.25, -0.2) is 0 Å². The van der Waals surface area contributed by atoms with E-state index >= 15 is 0 Å². The summed E-state index contributed by atoms with van der Waals surface area (Å²) in [5.74, 6) is 1.33. The van der Waals surface area contributed by atoms with Crippen molar-refractivity contribution in [2.24, 2.45) is 5.92 Å². The van der Waals surface area contributed by atoms with Crippen molar-refractivity contribution in [3.63, 3.8) is 0 Å². The lowest BCUT2D eigenvalue weighted by Gasteiger charge is -2.54. The van der Waals surface area contributed by atoms with Gasteiger partial charge in [-0.3, -0.25) is 14.0 Å². The van der Waals surface area contributed by atoms with Gasteiger partial charge in [-0.2, -0.15) is 8.42 Å². The number of carbonyl (C=O) groups is 1. The van der Waals surface area contributed by atoms with Crippen LogP contribution < -0.4 is 0 Å². The summed E-state index contributed by atoms with van der Waals surface area (Å²) in [6, 6.07) is 3.06. The number of aromatic nitrogens is 1. The number of pyridine rings is 1. The highest BCUT2D eigenvalue weighted by Gasteiger charge is 2.62. The highest BCUT2D eigenvalue weighted by atomic mass is 32.2. The number of hydrogen-bond acceptors (Lipinski definition) is 9. The molecule has 0 spiro atoms. The molecule has 1 saturated heterocycles. The lowest BCUT2D eigenvalue weighted by atomic mass is 9.78. The van der Waals surface area contributed by atoms with E-state index in [1.165, 1.54) is 32.0 Å². The maximum atomic E-state index is 13.3. The molecule has 0 N–H and O–H groups in total. The van der Waals surface area contributed by atoms with E-state index in [4.69, 9.17) is 22.8 Å². The summed E-state index contributed by atoms with van der Waals surface area (Å²) in [5, 5.41) is 0.810. The first-order valence-electron chi connectivity index (χ1n) is 10.9. The van der Waals surface area contributed by atoms with E-state index in [9.17, 15) is 13.2 Å². The van der Waals surface area contributed by atoms with Crippen molar-refractivity contribution in [1.29, 1.82) is 0 Å². The zero-order valence-electron chi connectivity index (χ0n) is 19.1. The maximum absolute atomic E-state index is 13.3. The van der Waals surface area contributed by atoms with Gasteiger partial charge in [0, 0.05) is 38.6 Å². The second-order valence-corrected chi connectivity index (χ2v) is 10.3. The van der Waals surface area contributed by atoms with Crippen LogP contribution in [0.4, 0.5) is 0 Å². The third-order valence-corrected chi connectivity index (χ3v) is 6.75. The Morgan fingerprint density at radius 2 is 2.06 bits per heavy atom. The molecular formula is C22H30N2O8S. The molecule has 182 valence electrons. The minimum Gasteiger partial charge on any atom is -0.461 e. The Morgan fingerprint density at radius 1 is 1.27 bits per heavy atom. The summed E-state index contributed by atoms with van der Waals surface area (Å²) in [7, 11) is -0.826. The third kappa shape index (κ3) is 5.22. The van der Waals surface area contributed by atoms with E-state index in [2.05, 4.69) is 4.98 Å². The van der Waals surface area contributed by atoms with Gasteiger partial charge in [-0.1, -0.05) is 12.8 Å². The molecule has 33 heavy (non-hydrogen) atoms. The van der Waals surface area contributed by atoms with Gasteiger partial charge in [0.1, 0.15) is 24.9 Å². The van der Waals surface area contributed by atoms with Crippen molar-refractivity contribution in [1.82, 2.24) is 9.88 Å². The molecule has 1 amide bonds. The number of ether oxygens (including phenoxy) is 3. The number of furan rings is 1. The molecule has 11 heteroatoms. The number of hydrogen-bond donors (Lipinski definition) is 0. The number of methoxy groups -OCH3 is 2. The second-order valence-electron chi connectivity index (χ2n) is 8.68. The van der Waals surface area contributed by atoms with E-state index in [1.54, 1.807) is 12.3 Å². The van der Waals surface area contributed by atoms with Gasteiger partial charge in [0.15, 0.2) is 5.60 Å². The maximum Gasteiger partial charge on any atom is 0.264 e. The van der Waals surface area contributed by atoms with Crippen LogP contribution in [-0.2, 0) is 46.1 Å². The largest absolute Gasteiger partial charge is 0.461 e. The Morgan fingerprint density at radius 3 is 2.73 bits per heavy atom. The molecule has 0 radical (unpaired) electrons. The van der Waals surface area contributed by atoms with Crippen LogP contribution in [0.2, 0.25) is 0 Å². The van der Waals surface area contributed by atoms with Gasteiger partial charge in [0.2, 0.25) is 0 Å². The first-order chi connectivity index (χ1) is 15.8. The van der Waals surface area contributed by atoms with E-state index in [-0.39, 0.29) is 32.5 Å². The average molecular weight is 483 g/mol. The molecule has 0 unspecified atom stereocenters. The Kier molecular flexibility index (Phi) is 7.06. The summed E-state index contributed by atoms with van der Waals surface area (Å²) >= 11 is 0. The molecule has 2 fully saturated rings. The molecule has 1 aliphatic heterocycles. The van der Waals surface area contributed by atoms with Crippen molar-refractivity contribution in [2.75, 3.05) is 40.6 Å². The standard InChI is InChI=1S/C22H30N2O8S/c1-28-13-24-20(12-31-33(3,26)27)22(21(24)25,30-14-29-2)11-18-17-10-16(7-6-15-4-5-15)32-19(17)8-9-23-18/h8-10,15,20H,4-7,11-14H2,1-3H3/t20-,22+/m0/s1. The van der Waals surface area contributed by atoms with Crippen LogP contribution in [0.5, 0.6) is 0 Å². The lowest BCUT2D eigenvalue weighted by Crippen LogP contribution is -2.77. The van der Waals surface area contributed by atoms with Gasteiger partial charge in [-0.05, 0) is 24.5 Å². The summed E-state index contributed by atoms with van der Waals surface area (Å²) < 4.78 is 50.5. The average Bonchev–Trinajstić information content (AvgIpc) is 3.51. The van der Waals surface area contributed by atoms with Gasteiger partial charge < -0.3 is 23.5 Å². The molecule has 2 aromatic rings. The Balaban J connectivity index is 1.64. The summed E-state index contributed by atoms with van der Waals surface area (Å²) in [6.45, 7) is -0.453. The van der Waals surface area contributed by atoms with Crippen LogP contribution in [0.3, 0.4) is 0 Å². The molecule has 1 saturated carbocycles. The number of aryl methyl sites for hydroxylation is 1. The van der Waals surface area contributed by atoms with Crippen LogP contribution in [0, 0.1) is 5.92 Å². The molecule has 10 nitrogen and oxygen atoms in total. The minimum atomic E-state index is -3.73. The molecular weight excluding hydrogens is 452 g/mol. The van der Waals surface area contributed by atoms with Crippen molar-refractivity contribution >= 4 is 27.0 Å². The SMILES string of the molecule is COCO[C@@]1(Cc2nccc3oc(CCC4CC4)cc23)C(=O)N(COC)[C@H]1COS(C)(=O)=O. The molecule has 1 aliphatic carbocycles. The molecule has 3 heterocycles. The minimum absolute atomic E-state index is 0.0244. The zero-order chi connectivity index (χ0) is 23.6. The van der Waals surface area contributed by atoms with E-state index in [0.29, 0.717) is 11.3 Å². The van der Waals surface area contributed by atoms with E-state index in [0.717, 1.165) is 36.2 Å². The predicted molar refractivity (Wildman–Crippen MR) is 118 cm³/mol. The fourth-order valence-electron chi connectivity index (χ4n) is 4.32. The summed E-state index contributed by atoms with van der Waals surface area (Å²) in [5.41, 5.74) is -0.0941. The molecule has 2 atom stereocenters. The molecule has 0 aromatic carbocycles. The van der Waals surface area contributed by atoms with Gasteiger partial charge in [-0.15, -0.1) is 0 Å². The van der Waals surface area contributed by atoms with E-state index < -0.39 is 21.8 Å². The number of nitrogens with zero attached hydrogens (tertiary/aromatic N) is 2. The first kappa shape index (κ1) is 24.1. The topological polar surface area (TPSA) is 117 Å². The lowest BCUT2D eigenvalue weighted by molar-refractivity contribution is -0.236. The van der Waals surface area contributed by atoms with Crippen LogP contribution in [0.25, 0.3) is 11.0 Å². The van der Waals surface area contributed by atoms with Crippen molar-refractivity contribution in [3.8, 4) is 0 Å². The quantitative estimate of drug-likeness (QED) is 0.239. The van der Waals surface area contributed by atoms with Crippen LogP contribution >= 0.6 is 0 Å². The number of fused-ring (bicyclic) bond motifs is 1. The van der Waals surface area contributed by atoms with E-state index in [1.807, 2.05) is 6.07 Å². The van der Waals surface area contributed by atoms with Gasteiger partial charge in [0.05, 0.1) is 24.6 Å². The Labute approximate surface area is 193 Å². The third-order valence-electron chi connectivity index (χ3n) is 6.18. The van der Waals surface area contributed by atoms with Crippen LogP contribution in [-0.4, -0.2) is 76.5 Å². The second kappa shape index (κ2) is 9.67. The number of β-lactam (4-membered cyclic amide) rings is 1. The normalized spacial score (nSPS) is 23.3. The fourth-order valence-corrected chi connectivity index (χ4v) is 4.69. The zero-order valence-corrected chi connectivity index (χ0v) is 19.9. The van der Waals surface area contributed by atoms with Crippen LogP contribution in [0.1, 0.15) is 30.7 Å². The summed E-state index contributed by atoms with van der Waals surface area (Å²) in [4.78, 5) is 19.1.